The van der Waals surface area contributed by atoms with Crippen LogP contribution in [0.3, 0.4) is 0 Å². The van der Waals surface area contributed by atoms with Crippen molar-refractivity contribution in [2.45, 2.75) is 96.6 Å². The molecule has 0 aliphatic rings. The van der Waals surface area contributed by atoms with Crippen LogP contribution >= 0.6 is 0 Å². The topological polar surface area (TPSA) is 44.8 Å². The maximum atomic E-state index is 12.8. The van der Waals surface area contributed by atoms with E-state index in [0.29, 0.717) is 18.6 Å². The van der Waals surface area contributed by atoms with Gasteiger partial charge in [0, 0.05) is 12.0 Å². The molecule has 29 heavy (non-hydrogen) atoms. The van der Waals surface area contributed by atoms with Crippen LogP contribution in [-0.4, -0.2) is 43.9 Å². The normalized spacial score (nSPS) is 15.1. The molecule has 0 fully saturated rings. The highest BCUT2D eigenvalue weighted by Gasteiger charge is 2.43. The molecule has 4 nitrogen and oxygen atoms in total. The molecular weight excluding hydrogens is 433 g/mol. The second kappa shape index (κ2) is 11.8. The number of halogens is 3. The summed E-state index contributed by atoms with van der Waals surface area (Å²) >= 11 is 0. The fraction of sp³-hybridized carbons (Fsp3) is 0.842. The number of ether oxygens (including phenoxy) is 1. The predicted octanol–water partition coefficient (Wildman–Crippen LogP) is 6.76. The summed E-state index contributed by atoms with van der Waals surface area (Å²) in [7, 11) is -7.21. The van der Waals surface area contributed by atoms with Crippen LogP contribution in [0.25, 0.3) is 0 Å². The molecule has 1 unspecified atom stereocenters. The van der Waals surface area contributed by atoms with Crippen molar-refractivity contribution >= 4 is 31.2 Å². The van der Waals surface area contributed by atoms with Crippen LogP contribution in [0.15, 0.2) is 12.2 Å². The number of carbonyl (C=O) groups excluding carboxylic acids is 1. The van der Waals surface area contributed by atoms with Gasteiger partial charge in [0.25, 0.3) is 0 Å². The Bertz CT molecular complexity index is 539. The zero-order valence-corrected chi connectivity index (χ0v) is 22.1. The Morgan fingerprint density at radius 2 is 1.55 bits per heavy atom. The second-order valence-electron chi connectivity index (χ2n) is 9.05. The van der Waals surface area contributed by atoms with Gasteiger partial charge in [-0.1, -0.05) is 26.3 Å². The summed E-state index contributed by atoms with van der Waals surface area (Å²) in [4.78, 5) is 11.4. The highest BCUT2D eigenvalue weighted by molar-refractivity contribution is 6.88. The van der Waals surface area contributed by atoms with E-state index >= 15 is 0 Å². The van der Waals surface area contributed by atoms with E-state index in [1.54, 1.807) is 6.92 Å². The van der Waals surface area contributed by atoms with Gasteiger partial charge in [0.2, 0.25) is 0 Å². The second-order valence-corrected chi connectivity index (χ2v) is 21.4. The lowest BCUT2D eigenvalue weighted by atomic mass is 10.4. The third-order valence-electron chi connectivity index (χ3n) is 4.52. The number of rotatable bonds is 14. The number of unbranched alkanes of at least 4 members (excludes halogenated alkanes) is 1. The van der Waals surface area contributed by atoms with Crippen LogP contribution in [0, 0.1) is 0 Å². The summed E-state index contributed by atoms with van der Waals surface area (Å²) in [5, 5.41) is 0. The molecule has 0 aromatic rings. The van der Waals surface area contributed by atoms with E-state index in [-0.39, 0.29) is 6.04 Å². The smallest absolute Gasteiger partial charge is 0.388 e. The van der Waals surface area contributed by atoms with Gasteiger partial charge in [0.15, 0.2) is 16.6 Å². The summed E-state index contributed by atoms with van der Waals surface area (Å²) in [6.07, 6.45) is -2.46. The molecule has 10 heteroatoms. The van der Waals surface area contributed by atoms with Gasteiger partial charge in [0.05, 0.1) is 6.61 Å². The maximum Gasteiger partial charge on any atom is 0.388 e. The van der Waals surface area contributed by atoms with E-state index in [1.807, 2.05) is 26.6 Å². The number of carbonyl (C=O) groups is 1. The minimum Gasteiger partial charge on any atom is -0.462 e. The Morgan fingerprint density at radius 1 is 0.966 bits per heavy atom. The van der Waals surface area contributed by atoms with Crippen LogP contribution in [0.1, 0.15) is 39.5 Å². The molecule has 0 rings (SSSR count). The Kier molecular flexibility index (Phi) is 11.7. The first-order valence-corrected chi connectivity index (χ1v) is 19.1. The standard InChI is InChI=1S/C19H39F3O4Si3/c1-9-10-15-29(8,16-12-19(20,21)22)26-28(6,7)25-27(4,5)14-11-13-24-18(23)17(2)3/h2,9-16H2,1,3-8H3. The first-order valence-electron chi connectivity index (χ1n) is 10.3. The van der Waals surface area contributed by atoms with Crippen molar-refractivity contribution in [1.29, 1.82) is 0 Å². The molecule has 0 amide bonds. The molecule has 0 bridgehead atoms. The van der Waals surface area contributed by atoms with Gasteiger partial charge in [-0.05, 0) is 64.2 Å². The average molecular weight is 473 g/mol. The molecule has 0 aromatic carbocycles. The predicted molar refractivity (Wildman–Crippen MR) is 119 cm³/mol. The average Bonchev–Trinajstić information content (AvgIpc) is 2.52. The third-order valence-corrected chi connectivity index (χ3v) is 16.9. The highest BCUT2D eigenvalue weighted by atomic mass is 28.5. The van der Waals surface area contributed by atoms with Gasteiger partial charge >= 0.3 is 20.7 Å². The van der Waals surface area contributed by atoms with Gasteiger partial charge in [-0.2, -0.15) is 13.2 Å². The molecule has 0 radical (unpaired) electrons. The highest BCUT2D eigenvalue weighted by Crippen LogP contribution is 2.33. The maximum absolute atomic E-state index is 12.8. The first-order chi connectivity index (χ1) is 13.0. The van der Waals surface area contributed by atoms with Crippen molar-refractivity contribution in [1.82, 2.24) is 0 Å². The zero-order chi connectivity index (χ0) is 22.9. The number of hydrogen-bond acceptors (Lipinski definition) is 4. The monoisotopic (exact) mass is 472 g/mol. The van der Waals surface area contributed by atoms with Gasteiger partial charge in [0.1, 0.15) is 0 Å². The Morgan fingerprint density at radius 3 is 2.03 bits per heavy atom. The van der Waals surface area contributed by atoms with Gasteiger partial charge in [-0.25, -0.2) is 4.79 Å². The van der Waals surface area contributed by atoms with Crippen LogP contribution in [0.2, 0.25) is 50.9 Å². The van der Waals surface area contributed by atoms with Gasteiger partial charge in [-0.15, -0.1) is 0 Å². The van der Waals surface area contributed by atoms with Crippen LogP contribution in [0.5, 0.6) is 0 Å². The van der Waals surface area contributed by atoms with E-state index in [9.17, 15) is 18.0 Å². The van der Waals surface area contributed by atoms with E-state index in [1.165, 1.54) is 0 Å². The van der Waals surface area contributed by atoms with Crippen LogP contribution < -0.4 is 0 Å². The lowest BCUT2D eigenvalue weighted by molar-refractivity contribution is -0.139. The van der Waals surface area contributed by atoms with E-state index < -0.39 is 43.8 Å². The Hall–Kier alpha value is -0.429. The quantitative estimate of drug-likeness (QED) is 0.121. The fourth-order valence-corrected chi connectivity index (χ4v) is 18.3. The van der Waals surface area contributed by atoms with Crippen molar-refractivity contribution < 1.29 is 30.9 Å². The molecule has 0 aliphatic heterocycles. The van der Waals surface area contributed by atoms with Crippen molar-refractivity contribution in [3.63, 3.8) is 0 Å². The zero-order valence-electron chi connectivity index (χ0n) is 19.1. The first kappa shape index (κ1) is 28.6. The molecule has 0 N–H and O–H groups in total. The molecule has 172 valence electrons. The Labute approximate surface area is 177 Å². The molecular formula is C19H39F3O4Si3. The summed E-state index contributed by atoms with van der Waals surface area (Å²) in [6, 6.07) is 1.58. The van der Waals surface area contributed by atoms with E-state index in [4.69, 9.17) is 13.0 Å². The SMILES string of the molecule is C=C(C)C(=O)OCCC[Si](C)(C)O[Si](C)(C)O[Si](C)(CCCC)CCC(F)(F)F. The lowest BCUT2D eigenvalue weighted by Gasteiger charge is -2.40. The van der Waals surface area contributed by atoms with Gasteiger partial charge in [-0.3, -0.25) is 0 Å². The number of esters is 1. The summed E-state index contributed by atoms with van der Waals surface area (Å²) < 4.78 is 56.4. The number of hydrogen-bond donors (Lipinski definition) is 0. The molecule has 0 saturated carbocycles. The number of alkyl halides is 3. The van der Waals surface area contributed by atoms with Crippen molar-refractivity contribution in [2.75, 3.05) is 6.61 Å². The summed E-state index contributed by atoms with van der Waals surface area (Å²) in [5.74, 6) is -0.397. The fourth-order valence-electron chi connectivity index (χ4n) is 3.30. The van der Waals surface area contributed by atoms with E-state index in [2.05, 4.69) is 19.7 Å². The Balaban J connectivity index is 4.85. The molecule has 0 aliphatic carbocycles. The van der Waals surface area contributed by atoms with Crippen molar-refractivity contribution in [3.8, 4) is 0 Å². The minimum absolute atomic E-state index is 0.0785. The van der Waals surface area contributed by atoms with Crippen LogP contribution in [-0.2, 0) is 17.8 Å². The van der Waals surface area contributed by atoms with E-state index in [0.717, 1.165) is 24.9 Å². The molecule has 0 aromatic heterocycles. The minimum atomic E-state index is -4.16. The van der Waals surface area contributed by atoms with Crippen LogP contribution in [0.4, 0.5) is 13.2 Å². The largest absolute Gasteiger partial charge is 0.462 e. The van der Waals surface area contributed by atoms with Crippen molar-refractivity contribution in [3.05, 3.63) is 12.2 Å². The van der Waals surface area contributed by atoms with Gasteiger partial charge < -0.3 is 13.0 Å². The molecule has 0 saturated heterocycles. The summed E-state index contributed by atoms with van der Waals surface area (Å²) in [5.41, 5.74) is 0.370. The third kappa shape index (κ3) is 14.2. The molecule has 0 spiro atoms. The lowest BCUT2D eigenvalue weighted by Crippen LogP contribution is -2.53. The van der Waals surface area contributed by atoms with Crippen molar-refractivity contribution in [2.24, 2.45) is 0 Å². The molecule has 1 atom stereocenters. The molecule has 0 heterocycles. The summed E-state index contributed by atoms with van der Waals surface area (Å²) in [6.45, 7) is 17.4.